The van der Waals surface area contributed by atoms with Gasteiger partial charge >= 0.3 is 22.6 Å². The van der Waals surface area contributed by atoms with Crippen molar-refractivity contribution in [2.75, 3.05) is 17.4 Å². The molecule has 0 radical (unpaired) electrons. The number of carbonyl (C=O) groups excluding carboxylic acids is 1. The van der Waals surface area contributed by atoms with Crippen LogP contribution in [0, 0.1) is 0 Å². The number of carbonyl (C=O) groups is 1. The third kappa shape index (κ3) is 4.06. The first kappa shape index (κ1) is 20.4. The maximum absolute atomic E-state index is 12.6. The van der Waals surface area contributed by atoms with Crippen molar-refractivity contribution in [3.8, 4) is 11.3 Å². The zero-order valence-corrected chi connectivity index (χ0v) is 20.0. The lowest BCUT2D eigenvalue weighted by Gasteiger charge is -2.30. The average Bonchev–Trinajstić information content (AvgIpc) is 3.31. The van der Waals surface area contributed by atoms with E-state index in [9.17, 15) is 4.79 Å². The SMILES string of the molecule is Cn1cc(-c2cnc3c([NH][AlH2])nc(C4=CCCN(C(=O)OC(C)(C)C)C4)cn23)cn1. The molecule has 1 amide bonds. The number of rotatable bonds is 3. The zero-order chi connectivity index (χ0) is 21.5. The first-order valence-electron chi connectivity index (χ1n) is 9.97. The van der Waals surface area contributed by atoms with Crippen molar-refractivity contribution in [2.45, 2.75) is 32.8 Å². The van der Waals surface area contributed by atoms with Gasteiger partial charge in [-0.2, -0.15) is 5.10 Å². The molecule has 1 aliphatic rings. The monoisotopic (exact) mass is 423 g/mol. The topological polar surface area (TPSA) is 89.6 Å². The van der Waals surface area contributed by atoms with Crippen LogP contribution in [0.15, 0.2) is 30.9 Å². The molecule has 0 atom stereocenters. The number of aromatic nitrogens is 5. The van der Waals surface area contributed by atoms with Crippen LogP contribution in [-0.4, -0.2) is 70.3 Å². The maximum atomic E-state index is 12.6. The standard InChI is InChI=1S/C20H24N7O2.Al.2H/c1-20(2,3)29-19(28)26-7-5-6-13(11-26)15-12-27-16(14-8-23-25(4)10-14)9-22-18(27)17(21)24-15;;;/h6,8-10,12H,5,7,11H2,1-4H3,(H-,21,24);;;/q-1;+1;;. The highest BCUT2D eigenvalue weighted by Crippen LogP contribution is 2.27. The van der Waals surface area contributed by atoms with Crippen molar-refractivity contribution in [1.29, 1.82) is 0 Å². The molecule has 4 heterocycles. The van der Waals surface area contributed by atoms with Crippen LogP contribution in [0.1, 0.15) is 32.9 Å². The van der Waals surface area contributed by atoms with E-state index in [1.807, 2.05) is 57.0 Å². The molecular formula is C20H26AlN7O2. The lowest BCUT2D eigenvalue weighted by atomic mass is 10.1. The zero-order valence-electron chi connectivity index (χ0n) is 18.0. The smallest absolute Gasteiger partial charge is 0.410 e. The summed E-state index contributed by atoms with van der Waals surface area (Å²) >= 11 is 0.743. The molecule has 4 rings (SSSR count). The van der Waals surface area contributed by atoms with Crippen LogP contribution in [0.5, 0.6) is 0 Å². The van der Waals surface area contributed by atoms with Crippen LogP contribution >= 0.6 is 0 Å². The largest absolute Gasteiger partial charge is 0.463 e. The molecule has 3 aromatic heterocycles. The summed E-state index contributed by atoms with van der Waals surface area (Å²) in [6.45, 7) is 6.74. The molecule has 1 N–H and O–H groups in total. The van der Waals surface area contributed by atoms with E-state index in [0.717, 1.165) is 56.9 Å². The van der Waals surface area contributed by atoms with Crippen LogP contribution in [0.3, 0.4) is 0 Å². The Bertz CT molecular complexity index is 1130. The quantitative estimate of drug-likeness (QED) is 0.649. The van der Waals surface area contributed by atoms with E-state index in [0.29, 0.717) is 13.1 Å². The molecule has 30 heavy (non-hydrogen) atoms. The number of hydrogen-bond acceptors (Lipinski definition) is 6. The molecule has 3 aromatic rings. The molecule has 0 saturated carbocycles. The number of amides is 1. The van der Waals surface area contributed by atoms with Crippen LogP contribution in [-0.2, 0) is 11.8 Å². The number of imidazole rings is 1. The maximum Gasteiger partial charge on any atom is 0.410 e. The fourth-order valence-electron chi connectivity index (χ4n) is 3.49. The normalized spacial score (nSPS) is 14.7. The Balaban J connectivity index is 1.70. The Morgan fingerprint density at radius 3 is 2.73 bits per heavy atom. The van der Waals surface area contributed by atoms with Crippen molar-refractivity contribution in [2.24, 2.45) is 7.05 Å². The van der Waals surface area contributed by atoms with Gasteiger partial charge in [0.25, 0.3) is 0 Å². The Hall–Kier alpha value is -2.83. The summed E-state index contributed by atoms with van der Waals surface area (Å²) < 4.78 is 12.6. The van der Waals surface area contributed by atoms with E-state index in [2.05, 4.69) is 20.5 Å². The van der Waals surface area contributed by atoms with Gasteiger partial charge in [-0.05, 0) is 32.8 Å². The van der Waals surface area contributed by atoms with Gasteiger partial charge in [-0.1, -0.05) is 6.08 Å². The fourth-order valence-corrected chi connectivity index (χ4v) is 3.82. The second kappa shape index (κ2) is 7.78. The average molecular weight is 423 g/mol. The van der Waals surface area contributed by atoms with E-state index in [4.69, 9.17) is 9.72 Å². The summed E-state index contributed by atoms with van der Waals surface area (Å²) in [6.07, 6.45) is 10.2. The van der Waals surface area contributed by atoms with Crippen LogP contribution in [0.25, 0.3) is 22.5 Å². The van der Waals surface area contributed by atoms with Crippen molar-refractivity contribution >= 4 is 39.6 Å². The lowest BCUT2D eigenvalue weighted by molar-refractivity contribution is 0.0273. The van der Waals surface area contributed by atoms with Crippen molar-refractivity contribution in [3.05, 3.63) is 36.6 Å². The Morgan fingerprint density at radius 2 is 2.07 bits per heavy atom. The second-order valence-electron chi connectivity index (χ2n) is 8.38. The number of ether oxygens (including phenoxy) is 1. The Morgan fingerprint density at radius 1 is 1.27 bits per heavy atom. The third-order valence-electron chi connectivity index (χ3n) is 4.86. The van der Waals surface area contributed by atoms with Crippen LogP contribution < -0.4 is 4.30 Å². The van der Waals surface area contributed by atoms with Gasteiger partial charge in [0.2, 0.25) is 0 Å². The fraction of sp³-hybridized carbons (Fsp3) is 0.400. The Labute approximate surface area is 183 Å². The van der Waals surface area contributed by atoms with Gasteiger partial charge in [0.05, 0.1) is 30.3 Å². The molecule has 0 saturated heterocycles. The molecule has 9 nitrogen and oxygen atoms in total. The van der Waals surface area contributed by atoms with E-state index in [1.54, 1.807) is 9.58 Å². The number of hydrogen-bond donors (Lipinski definition) is 1. The van der Waals surface area contributed by atoms with Gasteiger partial charge < -0.3 is 13.9 Å². The predicted molar refractivity (Wildman–Crippen MR) is 118 cm³/mol. The molecule has 0 bridgehead atoms. The van der Waals surface area contributed by atoms with Gasteiger partial charge in [0.1, 0.15) is 11.4 Å². The van der Waals surface area contributed by atoms with E-state index < -0.39 is 5.60 Å². The minimum Gasteiger partial charge on any atom is -0.463 e. The highest BCUT2D eigenvalue weighted by atomic mass is 27.1. The lowest BCUT2D eigenvalue weighted by Crippen LogP contribution is -2.39. The number of fused-ring (bicyclic) bond motifs is 1. The van der Waals surface area contributed by atoms with Crippen molar-refractivity contribution in [3.63, 3.8) is 0 Å². The van der Waals surface area contributed by atoms with Crippen molar-refractivity contribution in [1.82, 2.24) is 29.0 Å². The van der Waals surface area contributed by atoms with Gasteiger partial charge in [-0.15, -0.1) is 0 Å². The molecule has 1 aliphatic heterocycles. The molecule has 156 valence electrons. The van der Waals surface area contributed by atoms with Gasteiger partial charge in [0, 0.05) is 31.5 Å². The molecule has 0 unspecified atom stereocenters. The highest BCUT2D eigenvalue weighted by Gasteiger charge is 2.26. The van der Waals surface area contributed by atoms with Crippen LogP contribution in [0.2, 0.25) is 0 Å². The molecule has 0 spiro atoms. The van der Waals surface area contributed by atoms with Gasteiger partial charge in [-0.3, -0.25) is 9.08 Å². The summed E-state index contributed by atoms with van der Waals surface area (Å²) in [5.74, 6) is 0.740. The number of anilines is 1. The summed E-state index contributed by atoms with van der Waals surface area (Å²) in [5.41, 5.74) is 3.99. The summed E-state index contributed by atoms with van der Waals surface area (Å²) in [5, 5.41) is 4.27. The molecule has 0 aromatic carbocycles. The predicted octanol–water partition coefficient (Wildman–Crippen LogP) is 2.11. The van der Waals surface area contributed by atoms with Gasteiger partial charge in [0.15, 0.2) is 5.65 Å². The minimum atomic E-state index is -0.519. The first-order valence-corrected chi connectivity index (χ1v) is 11.0. The molecule has 10 heteroatoms. The van der Waals surface area contributed by atoms with E-state index >= 15 is 0 Å². The summed E-state index contributed by atoms with van der Waals surface area (Å²) in [6, 6.07) is 0. The molecule has 0 aliphatic carbocycles. The first-order chi connectivity index (χ1) is 14.2. The molecular weight excluding hydrogens is 397 g/mol. The van der Waals surface area contributed by atoms with Gasteiger partial charge in [-0.25, -0.2) is 14.8 Å². The molecule has 0 fully saturated rings. The summed E-state index contributed by atoms with van der Waals surface area (Å²) in [4.78, 5) is 23.6. The number of nitrogens with zero attached hydrogens (tertiary/aromatic N) is 6. The number of aryl methyl sites for hydroxylation is 1. The highest BCUT2D eigenvalue weighted by molar-refractivity contribution is 6.16. The van der Waals surface area contributed by atoms with Crippen molar-refractivity contribution < 1.29 is 9.53 Å². The van der Waals surface area contributed by atoms with E-state index in [-0.39, 0.29) is 6.09 Å². The van der Waals surface area contributed by atoms with E-state index in [1.165, 1.54) is 0 Å². The second-order valence-corrected chi connectivity index (χ2v) is 8.88. The third-order valence-corrected chi connectivity index (χ3v) is 5.33. The number of nitrogens with one attached hydrogen (secondary N) is 1. The van der Waals surface area contributed by atoms with Crippen LogP contribution in [0.4, 0.5) is 10.6 Å². The summed E-state index contributed by atoms with van der Waals surface area (Å²) in [7, 11) is 1.89. The Kier molecular flexibility index (Phi) is 5.30. The minimum absolute atomic E-state index is 0.297.